The molecular formula is C18H19N3O2. The standard InChI is InChI=1S/C18H19N3O2/c1-2-20(15-6-4-3-5-7-15)17(22)14-8-10-16(11-9-14)21-13-12-19-18(21)23/h3-11H,2,12-13H2,1H3,(H,19,23). The maximum Gasteiger partial charge on any atom is 0.321 e. The highest BCUT2D eigenvalue weighted by Gasteiger charge is 2.22. The van der Waals surface area contributed by atoms with Gasteiger partial charge in [-0.05, 0) is 43.3 Å². The van der Waals surface area contributed by atoms with Gasteiger partial charge in [0.15, 0.2) is 0 Å². The molecule has 0 atom stereocenters. The minimum absolute atomic E-state index is 0.0453. The molecular weight excluding hydrogens is 290 g/mol. The van der Waals surface area contributed by atoms with Gasteiger partial charge < -0.3 is 10.2 Å². The summed E-state index contributed by atoms with van der Waals surface area (Å²) >= 11 is 0. The van der Waals surface area contributed by atoms with Gasteiger partial charge in [-0.2, -0.15) is 0 Å². The van der Waals surface area contributed by atoms with Crippen LogP contribution in [0.2, 0.25) is 0 Å². The summed E-state index contributed by atoms with van der Waals surface area (Å²) in [6.45, 7) is 3.85. The Balaban J connectivity index is 1.81. The van der Waals surface area contributed by atoms with Crippen LogP contribution in [0.3, 0.4) is 0 Å². The van der Waals surface area contributed by atoms with E-state index in [0.29, 0.717) is 25.2 Å². The zero-order valence-electron chi connectivity index (χ0n) is 13.0. The van der Waals surface area contributed by atoms with Crippen molar-refractivity contribution in [3.63, 3.8) is 0 Å². The van der Waals surface area contributed by atoms with Crippen LogP contribution in [0.1, 0.15) is 17.3 Å². The lowest BCUT2D eigenvalue weighted by molar-refractivity contribution is 0.0988. The van der Waals surface area contributed by atoms with Gasteiger partial charge in [0.1, 0.15) is 0 Å². The summed E-state index contributed by atoms with van der Waals surface area (Å²) in [5.41, 5.74) is 2.29. The molecule has 0 aromatic heterocycles. The summed E-state index contributed by atoms with van der Waals surface area (Å²) in [5, 5.41) is 2.77. The second-order valence-electron chi connectivity index (χ2n) is 5.32. The highest BCUT2D eigenvalue weighted by atomic mass is 16.2. The molecule has 0 spiro atoms. The lowest BCUT2D eigenvalue weighted by atomic mass is 10.1. The Kier molecular flexibility index (Phi) is 4.28. The van der Waals surface area contributed by atoms with Crippen molar-refractivity contribution >= 4 is 23.3 Å². The minimum atomic E-state index is -0.0939. The zero-order valence-corrected chi connectivity index (χ0v) is 13.0. The van der Waals surface area contributed by atoms with Crippen LogP contribution in [-0.2, 0) is 0 Å². The molecule has 0 bridgehead atoms. The van der Waals surface area contributed by atoms with Gasteiger partial charge >= 0.3 is 6.03 Å². The first-order chi connectivity index (χ1) is 11.2. The van der Waals surface area contributed by atoms with Crippen LogP contribution >= 0.6 is 0 Å². The van der Waals surface area contributed by atoms with E-state index in [0.717, 1.165) is 11.4 Å². The van der Waals surface area contributed by atoms with E-state index in [4.69, 9.17) is 0 Å². The molecule has 118 valence electrons. The van der Waals surface area contributed by atoms with Gasteiger partial charge in [0.2, 0.25) is 0 Å². The topological polar surface area (TPSA) is 52.7 Å². The monoisotopic (exact) mass is 309 g/mol. The third-order valence-electron chi connectivity index (χ3n) is 3.91. The van der Waals surface area contributed by atoms with Crippen LogP contribution in [0.5, 0.6) is 0 Å². The molecule has 5 nitrogen and oxygen atoms in total. The molecule has 5 heteroatoms. The molecule has 1 heterocycles. The summed E-state index contributed by atoms with van der Waals surface area (Å²) < 4.78 is 0. The molecule has 2 aromatic carbocycles. The van der Waals surface area contributed by atoms with Gasteiger partial charge in [-0.25, -0.2) is 4.79 Å². The van der Waals surface area contributed by atoms with E-state index < -0.39 is 0 Å². The van der Waals surface area contributed by atoms with Crippen LogP contribution in [0, 0.1) is 0 Å². The van der Waals surface area contributed by atoms with Gasteiger partial charge in [0.25, 0.3) is 5.91 Å². The van der Waals surface area contributed by atoms with E-state index in [-0.39, 0.29) is 11.9 Å². The molecule has 0 radical (unpaired) electrons. The number of amides is 3. The Hall–Kier alpha value is -2.82. The number of carbonyl (C=O) groups is 2. The normalized spacial score (nSPS) is 13.8. The Morgan fingerprint density at radius 2 is 1.83 bits per heavy atom. The maximum absolute atomic E-state index is 12.7. The molecule has 1 aliphatic heterocycles. The average Bonchev–Trinajstić information content (AvgIpc) is 3.02. The van der Waals surface area contributed by atoms with Crippen LogP contribution in [0.4, 0.5) is 16.2 Å². The molecule has 3 amide bonds. The number of nitrogens with one attached hydrogen (secondary N) is 1. The summed E-state index contributed by atoms with van der Waals surface area (Å²) in [6.07, 6.45) is 0. The van der Waals surface area contributed by atoms with Crippen LogP contribution in [0.15, 0.2) is 54.6 Å². The summed E-state index contributed by atoms with van der Waals surface area (Å²) in [4.78, 5) is 27.8. The number of para-hydroxylation sites is 1. The van der Waals surface area contributed by atoms with Gasteiger partial charge in [-0.3, -0.25) is 9.69 Å². The van der Waals surface area contributed by atoms with Crippen molar-refractivity contribution < 1.29 is 9.59 Å². The third kappa shape index (κ3) is 3.04. The van der Waals surface area contributed by atoms with Crippen molar-refractivity contribution in [2.75, 3.05) is 29.4 Å². The van der Waals surface area contributed by atoms with Crippen molar-refractivity contribution in [1.29, 1.82) is 0 Å². The van der Waals surface area contributed by atoms with Crippen molar-refractivity contribution in [3.05, 3.63) is 60.2 Å². The molecule has 1 saturated heterocycles. The number of anilines is 2. The molecule has 2 aromatic rings. The molecule has 23 heavy (non-hydrogen) atoms. The van der Waals surface area contributed by atoms with Crippen LogP contribution < -0.4 is 15.1 Å². The SMILES string of the molecule is CCN(C(=O)c1ccc(N2CCNC2=O)cc1)c1ccccc1. The lowest BCUT2D eigenvalue weighted by Gasteiger charge is -2.21. The number of rotatable bonds is 4. The van der Waals surface area contributed by atoms with E-state index in [9.17, 15) is 9.59 Å². The largest absolute Gasteiger partial charge is 0.336 e. The first-order valence-electron chi connectivity index (χ1n) is 7.73. The van der Waals surface area contributed by atoms with Gasteiger partial charge in [-0.15, -0.1) is 0 Å². The molecule has 0 saturated carbocycles. The van der Waals surface area contributed by atoms with E-state index in [1.807, 2.05) is 49.4 Å². The predicted octanol–water partition coefficient (Wildman–Crippen LogP) is 2.88. The van der Waals surface area contributed by atoms with Crippen LogP contribution in [-0.4, -0.2) is 31.6 Å². The fourth-order valence-electron chi connectivity index (χ4n) is 2.71. The number of benzene rings is 2. The molecule has 1 fully saturated rings. The van der Waals surface area contributed by atoms with Gasteiger partial charge in [0.05, 0.1) is 0 Å². The Bertz CT molecular complexity index is 698. The Morgan fingerprint density at radius 1 is 1.13 bits per heavy atom. The summed E-state index contributed by atoms with van der Waals surface area (Å²) in [6, 6.07) is 16.7. The average molecular weight is 309 g/mol. The first-order valence-corrected chi connectivity index (χ1v) is 7.73. The molecule has 0 aliphatic carbocycles. The Labute approximate surface area is 135 Å². The molecule has 1 N–H and O–H groups in total. The van der Waals surface area contributed by atoms with Crippen molar-refractivity contribution in [2.24, 2.45) is 0 Å². The molecule has 1 aliphatic rings. The van der Waals surface area contributed by atoms with E-state index in [1.165, 1.54) is 0 Å². The highest BCUT2D eigenvalue weighted by Crippen LogP contribution is 2.20. The lowest BCUT2D eigenvalue weighted by Crippen LogP contribution is -2.31. The molecule has 0 unspecified atom stereocenters. The number of hydrogen-bond donors (Lipinski definition) is 1. The predicted molar refractivity (Wildman–Crippen MR) is 91.0 cm³/mol. The number of urea groups is 1. The fourth-order valence-corrected chi connectivity index (χ4v) is 2.71. The smallest absolute Gasteiger partial charge is 0.321 e. The minimum Gasteiger partial charge on any atom is -0.336 e. The van der Waals surface area contributed by atoms with Gasteiger partial charge in [-0.1, -0.05) is 18.2 Å². The Morgan fingerprint density at radius 3 is 2.39 bits per heavy atom. The zero-order chi connectivity index (χ0) is 16.2. The second kappa shape index (κ2) is 6.52. The number of nitrogens with zero attached hydrogens (tertiary/aromatic N) is 2. The van der Waals surface area contributed by atoms with E-state index in [1.54, 1.807) is 21.9 Å². The third-order valence-corrected chi connectivity index (χ3v) is 3.91. The first kappa shape index (κ1) is 15.1. The van der Waals surface area contributed by atoms with Crippen molar-refractivity contribution in [2.45, 2.75) is 6.92 Å². The molecule has 3 rings (SSSR count). The fraction of sp³-hybridized carbons (Fsp3) is 0.222. The summed E-state index contributed by atoms with van der Waals surface area (Å²) in [7, 11) is 0. The van der Waals surface area contributed by atoms with E-state index in [2.05, 4.69) is 5.32 Å². The van der Waals surface area contributed by atoms with Crippen LogP contribution in [0.25, 0.3) is 0 Å². The number of carbonyl (C=O) groups excluding carboxylic acids is 2. The van der Waals surface area contributed by atoms with Gasteiger partial charge in [0, 0.05) is 36.6 Å². The quantitative estimate of drug-likeness (QED) is 0.944. The van der Waals surface area contributed by atoms with Crippen molar-refractivity contribution in [3.8, 4) is 0 Å². The summed E-state index contributed by atoms with van der Waals surface area (Å²) in [5.74, 6) is -0.0453. The van der Waals surface area contributed by atoms with Crippen molar-refractivity contribution in [1.82, 2.24) is 5.32 Å². The number of hydrogen-bond acceptors (Lipinski definition) is 2. The maximum atomic E-state index is 12.7. The van der Waals surface area contributed by atoms with E-state index >= 15 is 0 Å². The second-order valence-corrected chi connectivity index (χ2v) is 5.32. The highest BCUT2D eigenvalue weighted by molar-refractivity contribution is 6.06.